The van der Waals surface area contributed by atoms with Crippen molar-refractivity contribution >= 4 is 11.7 Å². The quantitative estimate of drug-likeness (QED) is 0.783. The number of aromatic nitrogens is 1. The van der Waals surface area contributed by atoms with Crippen LogP contribution in [0, 0.1) is 0 Å². The lowest BCUT2D eigenvalue weighted by Crippen LogP contribution is -2.32. The number of rotatable bonds is 4. The number of amides is 2. The largest absolute Gasteiger partial charge is 0.387 e. The Morgan fingerprint density at radius 2 is 2.00 bits per heavy atom. The third-order valence-electron chi connectivity index (χ3n) is 2.56. The Labute approximate surface area is 111 Å². The van der Waals surface area contributed by atoms with Crippen LogP contribution in [0.2, 0.25) is 0 Å². The maximum Gasteiger partial charge on any atom is 0.319 e. The van der Waals surface area contributed by atoms with E-state index in [0.717, 1.165) is 5.56 Å². The first-order valence-electron chi connectivity index (χ1n) is 5.93. The maximum absolute atomic E-state index is 11.6. The van der Waals surface area contributed by atoms with Crippen molar-refractivity contribution in [3.05, 3.63) is 60.4 Å². The number of benzene rings is 1. The zero-order chi connectivity index (χ0) is 13.5. The van der Waals surface area contributed by atoms with Crippen LogP contribution in [-0.4, -0.2) is 22.7 Å². The van der Waals surface area contributed by atoms with E-state index in [1.807, 2.05) is 30.3 Å². The summed E-state index contributed by atoms with van der Waals surface area (Å²) >= 11 is 0. The van der Waals surface area contributed by atoms with Crippen LogP contribution < -0.4 is 10.6 Å². The number of hydrogen-bond donors (Lipinski definition) is 3. The lowest BCUT2D eigenvalue weighted by Gasteiger charge is -2.12. The fraction of sp³-hybridized carbons (Fsp3) is 0.143. The van der Waals surface area contributed by atoms with Crippen LogP contribution >= 0.6 is 0 Å². The molecule has 1 heterocycles. The highest BCUT2D eigenvalue weighted by atomic mass is 16.3. The molecule has 1 unspecified atom stereocenters. The molecule has 5 heteroatoms. The molecule has 98 valence electrons. The van der Waals surface area contributed by atoms with E-state index < -0.39 is 6.10 Å². The van der Waals surface area contributed by atoms with Gasteiger partial charge in [-0.2, -0.15) is 0 Å². The summed E-state index contributed by atoms with van der Waals surface area (Å²) in [7, 11) is 0. The predicted octanol–water partition coefficient (Wildman–Crippen LogP) is 1.94. The van der Waals surface area contributed by atoms with Gasteiger partial charge in [0.05, 0.1) is 18.0 Å². The van der Waals surface area contributed by atoms with Gasteiger partial charge in [0, 0.05) is 12.7 Å². The van der Waals surface area contributed by atoms with Crippen LogP contribution in [0.25, 0.3) is 0 Å². The average molecular weight is 257 g/mol. The van der Waals surface area contributed by atoms with E-state index in [1.54, 1.807) is 24.5 Å². The van der Waals surface area contributed by atoms with Gasteiger partial charge in [-0.3, -0.25) is 4.98 Å². The number of urea groups is 1. The molecule has 19 heavy (non-hydrogen) atoms. The average Bonchev–Trinajstić information content (AvgIpc) is 2.47. The van der Waals surface area contributed by atoms with Gasteiger partial charge in [-0.15, -0.1) is 0 Å². The molecule has 2 rings (SSSR count). The molecule has 0 radical (unpaired) electrons. The molecule has 0 saturated heterocycles. The second kappa shape index (κ2) is 6.51. The molecule has 1 atom stereocenters. The minimum absolute atomic E-state index is 0.149. The fourth-order valence-electron chi connectivity index (χ4n) is 1.59. The summed E-state index contributed by atoms with van der Waals surface area (Å²) in [6, 6.07) is 12.3. The first kappa shape index (κ1) is 13.0. The van der Waals surface area contributed by atoms with Crippen LogP contribution in [0.5, 0.6) is 0 Å². The molecule has 0 spiro atoms. The van der Waals surface area contributed by atoms with Gasteiger partial charge in [0.1, 0.15) is 0 Å². The molecule has 1 aromatic carbocycles. The first-order valence-corrected chi connectivity index (χ1v) is 5.93. The second-order valence-electron chi connectivity index (χ2n) is 4.00. The van der Waals surface area contributed by atoms with Crippen molar-refractivity contribution in [2.24, 2.45) is 0 Å². The minimum Gasteiger partial charge on any atom is -0.387 e. The van der Waals surface area contributed by atoms with Crippen molar-refractivity contribution in [2.75, 3.05) is 11.9 Å². The minimum atomic E-state index is -0.721. The lowest BCUT2D eigenvalue weighted by atomic mass is 10.1. The Hall–Kier alpha value is -2.40. The van der Waals surface area contributed by atoms with Crippen LogP contribution in [0.1, 0.15) is 11.7 Å². The number of hydrogen-bond acceptors (Lipinski definition) is 3. The standard InChI is InChI=1S/C14H15N3O2/c18-13(11-5-2-1-3-6-11)10-16-14(19)17-12-7-4-8-15-9-12/h1-9,13,18H,10H2,(H2,16,17,19). The molecule has 0 aliphatic heterocycles. The van der Waals surface area contributed by atoms with Crippen molar-refractivity contribution in [3.63, 3.8) is 0 Å². The van der Waals surface area contributed by atoms with Crippen LogP contribution in [0.3, 0.4) is 0 Å². The number of nitrogens with one attached hydrogen (secondary N) is 2. The van der Waals surface area contributed by atoms with Crippen molar-refractivity contribution in [1.29, 1.82) is 0 Å². The third kappa shape index (κ3) is 4.08. The monoisotopic (exact) mass is 257 g/mol. The smallest absolute Gasteiger partial charge is 0.319 e. The number of aliphatic hydroxyl groups is 1. The Morgan fingerprint density at radius 1 is 1.21 bits per heavy atom. The third-order valence-corrected chi connectivity index (χ3v) is 2.56. The van der Waals surface area contributed by atoms with Gasteiger partial charge in [0.15, 0.2) is 0 Å². The molecule has 0 saturated carbocycles. The second-order valence-corrected chi connectivity index (χ2v) is 4.00. The molecule has 0 fully saturated rings. The van der Waals surface area contributed by atoms with E-state index in [4.69, 9.17) is 0 Å². The number of carbonyl (C=O) groups excluding carboxylic acids is 1. The summed E-state index contributed by atoms with van der Waals surface area (Å²) in [5.41, 5.74) is 1.37. The molecule has 0 aliphatic carbocycles. The van der Waals surface area contributed by atoms with E-state index >= 15 is 0 Å². The van der Waals surface area contributed by atoms with Gasteiger partial charge >= 0.3 is 6.03 Å². The molecule has 2 aromatic rings. The fourth-order valence-corrected chi connectivity index (χ4v) is 1.59. The summed E-state index contributed by atoms with van der Waals surface area (Å²) in [6.45, 7) is 0.149. The summed E-state index contributed by atoms with van der Waals surface area (Å²) in [6.07, 6.45) is 2.45. The van der Waals surface area contributed by atoms with Crippen LogP contribution in [0.4, 0.5) is 10.5 Å². The first-order chi connectivity index (χ1) is 9.25. The maximum atomic E-state index is 11.6. The van der Waals surface area contributed by atoms with Gasteiger partial charge in [-0.1, -0.05) is 30.3 Å². The van der Waals surface area contributed by atoms with Crippen molar-refractivity contribution in [2.45, 2.75) is 6.10 Å². The summed E-state index contributed by atoms with van der Waals surface area (Å²) in [4.78, 5) is 15.5. The van der Waals surface area contributed by atoms with Crippen LogP contribution in [-0.2, 0) is 0 Å². The summed E-state index contributed by atoms with van der Waals surface area (Å²) < 4.78 is 0. The van der Waals surface area contributed by atoms with E-state index in [1.165, 1.54) is 0 Å². The lowest BCUT2D eigenvalue weighted by molar-refractivity contribution is 0.175. The molecular formula is C14H15N3O2. The van der Waals surface area contributed by atoms with Crippen LogP contribution in [0.15, 0.2) is 54.9 Å². The number of anilines is 1. The SMILES string of the molecule is O=C(NCC(O)c1ccccc1)Nc1cccnc1. The topological polar surface area (TPSA) is 74.2 Å². The molecule has 0 aliphatic rings. The number of nitrogens with zero attached hydrogens (tertiary/aromatic N) is 1. The van der Waals surface area contributed by atoms with Crippen molar-refractivity contribution in [1.82, 2.24) is 10.3 Å². The predicted molar refractivity (Wildman–Crippen MR) is 72.7 cm³/mol. The Bertz CT molecular complexity index is 517. The molecule has 2 amide bonds. The van der Waals surface area contributed by atoms with E-state index in [9.17, 15) is 9.90 Å². The highest BCUT2D eigenvalue weighted by Crippen LogP contribution is 2.10. The van der Waals surface area contributed by atoms with E-state index in [0.29, 0.717) is 5.69 Å². The van der Waals surface area contributed by atoms with Gasteiger partial charge < -0.3 is 15.7 Å². The molecule has 0 bridgehead atoms. The Balaban J connectivity index is 1.81. The summed E-state index contributed by atoms with van der Waals surface area (Å²) in [5, 5.41) is 15.1. The number of aliphatic hydroxyl groups excluding tert-OH is 1. The van der Waals surface area contributed by atoms with E-state index in [-0.39, 0.29) is 12.6 Å². The number of carbonyl (C=O) groups is 1. The zero-order valence-electron chi connectivity index (χ0n) is 10.3. The highest BCUT2D eigenvalue weighted by molar-refractivity contribution is 5.88. The van der Waals surface area contributed by atoms with Gasteiger partial charge in [-0.05, 0) is 17.7 Å². The van der Waals surface area contributed by atoms with Gasteiger partial charge in [0.25, 0.3) is 0 Å². The summed E-state index contributed by atoms with van der Waals surface area (Å²) in [5.74, 6) is 0. The highest BCUT2D eigenvalue weighted by Gasteiger charge is 2.08. The van der Waals surface area contributed by atoms with Crippen molar-refractivity contribution < 1.29 is 9.90 Å². The van der Waals surface area contributed by atoms with Gasteiger partial charge in [0.2, 0.25) is 0 Å². The van der Waals surface area contributed by atoms with E-state index in [2.05, 4.69) is 15.6 Å². The Morgan fingerprint density at radius 3 is 2.68 bits per heavy atom. The number of pyridine rings is 1. The van der Waals surface area contributed by atoms with Crippen molar-refractivity contribution in [3.8, 4) is 0 Å². The Kier molecular flexibility index (Phi) is 4.47. The zero-order valence-corrected chi connectivity index (χ0v) is 10.3. The molecule has 3 N–H and O–H groups in total. The molecule has 1 aromatic heterocycles. The normalized spacial score (nSPS) is 11.6. The molecule has 5 nitrogen and oxygen atoms in total. The van der Waals surface area contributed by atoms with Gasteiger partial charge in [-0.25, -0.2) is 4.79 Å². The molecular weight excluding hydrogens is 242 g/mol.